The lowest BCUT2D eigenvalue weighted by molar-refractivity contribution is -0.115. The van der Waals surface area contributed by atoms with Crippen LogP contribution >= 0.6 is 12.2 Å². The molecule has 1 heterocycles. The number of aromatic nitrogens is 1. The zero-order chi connectivity index (χ0) is 22.3. The van der Waals surface area contributed by atoms with Crippen molar-refractivity contribution in [2.45, 2.75) is 19.8 Å². The maximum atomic E-state index is 12.0. The summed E-state index contributed by atoms with van der Waals surface area (Å²) < 4.78 is 5.86. The van der Waals surface area contributed by atoms with E-state index >= 15 is 0 Å². The van der Waals surface area contributed by atoms with Crippen molar-refractivity contribution in [3.63, 3.8) is 0 Å². The Balaban J connectivity index is 1.32. The molecule has 0 bridgehead atoms. The van der Waals surface area contributed by atoms with E-state index < -0.39 is 0 Å². The van der Waals surface area contributed by atoms with Crippen molar-refractivity contribution in [2.24, 2.45) is 0 Å². The summed E-state index contributed by atoms with van der Waals surface area (Å²) in [5.74, 6) is 0.395. The molecule has 6 heteroatoms. The number of rotatable bonds is 6. The molecular formula is C26H23N3O2S. The fraction of sp³-hybridized carbons (Fsp3) is 0.115. The van der Waals surface area contributed by atoms with E-state index in [9.17, 15) is 4.79 Å². The molecule has 0 fully saturated rings. The zero-order valence-corrected chi connectivity index (χ0v) is 18.5. The van der Waals surface area contributed by atoms with Crippen LogP contribution in [0.4, 0.5) is 5.69 Å². The molecule has 0 atom stereocenters. The number of hydrogen-bond acceptors (Lipinski definition) is 4. The summed E-state index contributed by atoms with van der Waals surface area (Å²) in [4.78, 5) is 16.6. The van der Waals surface area contributed by atoms with Crippen LogP contribution in [0.1, 0.15) is 29.5 Å². The van der Waals surface area contributed by atoms with Crippen LogP contribution in [0.5, 0.6) is 0 Å². The van der Waals surface area contributed by atoms with Gasteiger partial charge in [-0.3, -0.25) is 10.1 Å². The van der Waals surface area contributed by atoms with Crippen molar-refractivity contribution in [1.29, 1.82) is 0 Å². The number of amides is 1. The van der Waals surface area contributed by atoms with Gasteiger partial charge >= 0.3 is 0 Å². The van der Waals surface area contributed by atoms with E-state index in [0.29, 0.717) is 12.3 Å². The van der Waals surface area contributed by atoms with Gasteiger partial charge in [0.05, 0.1) is 0 Å². The van der Waals surface area contributed by atoms with Gasteiger partial charge in [-0.25, -0.2) is 4.98 Å². The molecule has 4 rings (SSSR count). The van der Waals surface area contributed by atoms with E-state index in [1.54, 1.807) is 6.08 Å². The Labute approximate surface area is 192 Å². The third-order valence-corrected chi connectivity index (χ3v) is 5.14. The summed E-state index contributed by atoms with van der Waals surface area (Å²) in [5, 5.41) is 5.91. The Morgan fingerprint density at radius 1 is 1.03 bits per heavy atom. The number of benzene rings is 3. The summed E-state index contributed by atoms with van der Waals surface area (Å²) in [6, 6.07) is 23.5. The van der Waals surface area contributed by atoms with Gasteiger partial charge in [-0.05, 0) is 65.7 Å². The van der Waals surface area contributed by atoms with Crippen molar-refractivity contribution in [3.05, 3.63) is 101 Å². The van der Waals surface area contributed by atoms with Crippen LogP contribution in [0, 0.1) is 0 Å². The minimum atomic E-state index is -0.287. The number of thiocarbonyl (C=S) groups is 1. The standard InChI is InChI=1S/C26H23N3O2S/c1-2-18-10-14-23-22(16-18)28-25(31-23)17-20-8-12-21(13-9-20)27-26(32)29-24(30)15-11-19-6-4-3-5-7-19/h3-16H,2,17H2,1H3,(H2,27,29,30,32)/b15-11+. The van der Waals surface area contributed by atoms with E-state index in [1.165, 1.54) is 11.6 Å². The summed E-state index contributed by atoms with van der Waals surface area (Å²) in [6.45, 7) is 2.12. The molecule has 2 N–H and O–H groups in total. The number of carbonyl (C=O) groups is 1. The van der Waals surface area contributed by atoms with E-state index in [0.717, 1.165) is 34.3 Å². The molecule has 4 aromatic rings. The first kappa shape index (κ1) is 21.5. The Bertz CT molecular complexity index is 1260. The number of nitrogens with one attached hydrogen (secondary N) is 2. The molecule has 0 aliphatic heterocycles. The van der Waals surface area contributed by atoms with Gasteiger partial charge in [0.2, 0.25) is 5.91 Å². The van der Waals surface area contributed by atoms with E-state index in [4.69, 9.17) is 16.6 Å². The second kappa shape index (κ2) is 10.0. The number of nitrogens with zero attached hydrogens (tertiary/aromatic N) is 1. The molecule has 0 saturated carbocycles. The average molecular weight is 442 g/mol. The highest BCUT2D eigenvalue weighted by atomic mass is 32.1. The maximum absolute atomic E-state index is 12.0. The highest BCUT2D eigenvalue weighted by molar-refractivity contribution is 7.80. The minimum Gasteiger partial charge on any atom is -0.440 e. The molecule has 1 amide bonds. The second-order valence-corrected chi connectivity index (χ2v) is 7.73. The van der Waals surface area contributed by atoms with Crippen LogP contribution in [0.3, 0.4) is 0 Å². The number of anilines is 1. The van der Waals surface area contributed by atoms with Crippen molar-refractivity contribution >= 4 is 46.1 Å². The van der Waals surface area contributed by atoms with Gasteiger partial charge in [0.15, 0.2) is 16.6 Å². The Morgan fingerprint density at radius 2 is 1.78 bits per heavy atom. The van der Waals surface area contributed by atoms with Gasteiger partial charge in [-0.15, -0.1) is 0 Å². The number of aryl methyl sites for hydroxylation is 1. The van der Waals surface area contributed by atoms with Gasteiger partial charge in [-0.2, -0.15) is 0 Å². The van der Waals surface area contributed by atoms with Gasteiger partial charge in [0, 0.05) is 18.2 Å². The smallest absolute Gasteiger partial charge is 0.250 e. The van der Waals surface area contributed by atoms with Gasteiger partial charge in [-0.1, -0.05) is 55.5 Å². The first-order chi connectivity index (χ1) is 15.6. The molecule has 0 saturated heterocycles. The largest absolute Gasteiger partial charge is 0.440 e. The summed E-state index contributed by atoms with van der Waals surface area (Å²) in [5.41, 5.74) is 5.74. The molecule has 0 aliphatic carbocycles. The van der Waals surface area contributed by atoms with E-state index in [-0.39, 0.29) is 11.0 Å². The van der Waals surface area contributed by atoms with Crippen LogP contribution in [-0.2, 0) is 17.6 Å². The summed E-state index contributed by atoms with van der Waals surface area (Å²) in [6.07, 6.45) is 4.76. The Kier molecular flexibility index (Phi) is 6.72. The molecule has 0 aliphatic rings. The number of oxazole rings is 1. The predicted octanol–water partition coefficient (Wildman–Crippen LogP) is 5.51. The molecule has 0 radical (unpaired) electrons. The number of hydrogen-bond donors (Lipinski definition) is 2. The molecular weight excluding hydrogens is 418 g/mol. The van der Waals surface area contributed by atoms with Gasteiger partial charge in [0.25, 0.3) is 0 Å². The summed E-state index contributed by atoms with van der Waals surface area (Å²) >= 11 is 5.24. The second-order valence-electron chi connectivity index (χ2n) is 7.32. The van der Waals surface area contributed by atoms with E-state index in [1.807, 2.05) is 60.7 Å². The highest BCUT2D eigenvalue weighted by Gasteiger charge is 2.08. The molecule has 32 heavy (non-hydrogen) atoms. The van der Waals surface area contributed by atoms with Crippen LogP contribution in [0.25, 0.3) is 17.2 Å². The summed E-state index contributed by atoms with van der Waals surface area (Å²) in [7, 11) is 0. The van der Waals surface area contributed by atoms with Crippen molar-refractivity contribution in [2.75, 3.05) is 5.32 Å². The lowest BCUT2D eigenvalue weighted by Crippen LogP contribution is -2.32. The van der Waals surface area contributed by atoms with Crippen molar-refractivity contribution in [3.8, 4) is 0 Å². The topological polar surface area (TPSA) is 67.2 Å². The van der Waals surface area contributed by atoms with Crippen LogP contribution in [0.15, 0.2) is 83.3 Å². The third-order valence-electron chi connectivity index (χ3n) is 4.94. The molecule has 0 spiro atoms. The van der Waals surface area contributed by atoms with Crippen LogP contribution in [0.2, 0.25) is 0 Å². The van der Waals surface area contributed by atoms with E-state index in [2.05, 4.69) is 34.7 Å². The first-order valence-corrected chi connectivity index (χ1v) is 10.8. The van der Waals surface area contributed by atoms with Crippen LogP contribution < -0.4 is 10.6 Å². The van der Waals surface area contributed by atoms with Crippen LogP contribution in [-0.4, -0.2) is 16.0 Å². The zero-order valence-electron chi connectivity index (χ0n) is 17.7. The third kappa shape index (κ3) is 5.68. The lowest BCUT2D eigenvalue weighted by atomic mass is 10.1. The fourth-order valence-electron chi connectivity index (χ4n) is 3.25. The van der Waals surface area contributed by atoms with Gasteiger partial charge in [0.1, 0.15) is 5.52 Å². The fourth-order valence-corrected chi connectivity index (χ4v) is 3.47. The first-order valence-electron chi connectivity index (χ1n) is 10.4. The molecule has 1 aromatic heterocycles. The monoisotopic (exact) mass is 441 g/mol. The highest BCUT2D eigenvalue weighted by Crippen LogP contribution is 2.20. The number of fused-ring (bicyclic) bond motifs is 1. The minimum absolute atomic E-state index is 0.242. The average Bonchev–Trinajstić information content (AvgIpc) is 3.21. The Hall–Kier alpha value is -3.77. The van der Waals surface area contributed by atoms with Crippen molar-refractivity contribution < 1.29 is 9.21 Å². The Morgan fingerprint density at radius 3 is 2.53 bits per heavy atom. The quantitative estimate of drug-likeness (QED) is 0.305. The molecule has 160 valence electrons. The predicted molar refractivity (Wildman–Crippen MR) is 132 cm³/mol. The normalized spacial score (nSPS) is 11.0. The number of carbonyl (C=O) groups excluding carboxylic acids is 1. The molecule has 0 unspecified atom stereocenters. The van der Waals surface area contributed by atoms with Gasteiger partial charge < -0.3 is 9.73 Å². The SMILES string of the molecule is CCc1ccc2oc(Cc3ccc(NC(=S)NC(=O)/C=C/c4ccccc4)cc3)nc2c1. The maximum Gasteiger partial charge on any atom is 0.250 e. The van der Waals surface area contributed by atoms with Crippen molar-refractivity contribution in [1.82, 2.24) is 10.3 Å². The lowest BCUT2D eigenvalue weighted by Gasteiger charge is -2.08. The molecule has 5 nitrogen and oxygen atoms in total. The molecule has 3 aromatic carbocycles.